The minimum absolute atomic E-state index is 0.310. The van der Waals surface area contributed by atoms with Crippen LogP contribution in [0, 0.1) is 11.8 Å². The molecule has 2 aromatic rings. The summed E-state index contributed by atoms with van der Waals surface area (Å²) in [6.45, 7) is 2.59. The Balaban J connectivity index is 1.34. The molecule has 1 saturated heterocycles. The summed E-state index contributed by atoms with van der Waals surface area (Å²) in [5, 5.41) is 12.0. The van der Waals surface area contributed by atoms with Crippen LogP contribution in [0.25, 0.3) is 11.3 Å². The van der Waals surface area contributed by atoms with Crippen LogP contribution in [0.15, 0.2) is 36.4 Å². The number of para-hydroxylation sites is 1. The Bertz CT molecular complexity index is 789. The summed E-state index contributed by atoms with van der Waals surface area (Å²) in [5.74, 6) is 2.69. The van der Waals surface area contributed by atoms with Crippen molar-refractivity contribution in [2.45, 2.75) is 25.7 Å². The lowest BCUT2D eigenvalue weighted by Crippen LogP contribution is -2.42. The molecule has 1 atom stereocenters. The number of anilines is 1. The number of nitrogens with one attached hydrogen (secondary N) is 1. The van der Waals surface area contributed by atoms with Crippen molar-refractivity contribution in [3.63, 3.8) is 0 Å². The Morgan fingerprint density at radius 2 is 2.04 bits per heavy atom. The van der Waals surface area contributed by atoms with Gasteiger partial charge in [0.25, 0.3) is 0 Å². The van der Waals surface area contributed by atoms with Gasteiger partial charge >= 0.3 is 0 Å². The SMILES string of the molecule is COc1ccccc1-c1ccc(NC[C@@H]2CCCN(C(=O)C3CC3)C2)nn1. The van der Waals surface area contributed by atoms with Crippen molar-refractivity contribution >= 4 is 11.7 Å². The van der Waals surface area contributed by atoms with Gasteiger partial charge in [-0.05, 0) is 55.9 Å². The third kappa shape index (κ3) is 4.21. The van der Waals surface area contributed by atoms with Crippen molar-refractivity contribution in [2.75, 3.05) is 32.1 Å². The summed E-state index contributed by atoms with van der Waals surface area (Å²) in [5.41, 5.74) is 1.72. The third-order valence-electron chi connectivity index (χ3n) is 5.38. The van der Waals surface area contributed by atoms with Gasteiger partial charge in [0, 0.05) is 31.1 Å². The van der Waals surface area contributed by atoms with Crippen molar-refractivity contribution < 1.29 is 9.53 Å². The fourth-order valence-electron chi connectivity index (χ4n) is 3.70. The lowest BCUT2D eigenvalue weighted by Gasteiger charge is -2.33. The fraction of sp³-hybridized carbons (Fsp3) is 0.476. The van der Waals surface area contributed by atoms with E-state index in [1.54, 1.807) is 7.11 Å². The number of amides is 1. The Kier molecular flexibility index (Phi) is 5.23. The van der Waals surface area contributed by atoms with Gasteiger partial charge in [-0.25, -0.2) is 0 Å². The molecule has 27 heavy (non-hydrogen) atoms. The van der Waals surface area contributed by atoms with Crippen molar-refractivity contribution in [3.8, 4) is 17.0 Å². The zero-order chi connectivity index (χ0) is 18.6. The van der Waals surface area contributed by atoms with Crippen LogP contribution in [0.1, 0.15) is 25.7 Å². The second-order valence-electron chi connectivity index (χ2n) is 7.45. The van der Waals surface area contributed by atoms with Gasteiger partial charge in [0.05, 0.1) is 12.8 Å². The number of likely N-dealkylation sites (tertiary alicyclic amines) is 1. The molecule has 6 nitrogen and oxygen atoms in total. The van der Waals surface area contributed by atoms with Crippen LogP contribution in [0.3, 0.4) is 0 Å². The Morgan fingerprint density at radius 3 is 2.78 bits per heavy atom. The average Bonchev–Trinajstić information content (AvgIpc) is 3.58. The molecule has 1 N–H and O–H groups in total. The molecular formula is C21H26N4O2. The van der Waals surface area contributed by atoms with E-state index in [-0.39, 0.29) is 0 Å². The maximum Gasteiger partial charge on any atom is 0.225 e. The van der Waals surface area contributed by atoms with E-state index >= 15 is 0 Å². The molecule has 6 heteroatoms. The molecule has 0 spiro atoms. The first kappa shape index (κ1) is 17.8. The molecule has 2 heterocycles. The van der Waals surface area contributed by atoms with E-state index in [9.17, 15) is 4.79 Å². The molecule has 0 bridgehead atoms. The minimum Gasteiger partial charge on any atom is -0.496 e. The third-order valence-corrected chi connectivity index (χ3v) is 5.38. The number of carbonyl (C=O) groups excluding carboxylic acids is 1. The highest BCUT2D eigenvalue weighted by Gasteiger charge is 2.35. The lowest BCUT2D eigenvalue weighted by atomic mass is 9.97. The van der Waals surface area contributed by atoms with E-state index in [1.807, 2.05) is 36.4 Å². The van der Waals surface area contributed by atoms with Gasteiger partial charge in [-0.1, -0.05) is 12.1 Å². The van der Waals surface area contributed by atoms with Crippen molar-refractivity contribution in [1.82, 2.24) is 15.1 Å². The van der Waals surface area contributed by atoms with Gasteiger partial charge in [-0.3, -0.25) is 4.79 Å². The minimum atomic E-state index is 0.310. The number of carbonyl (C=O) groups is 1. The van der Waals surface area contributed by atoms with Crippen molar-refractivity contribution in [2.24, 2.45) is 11.8 Å². The number of benzene rings is 1. The highest BCUT2D eigenvalue weighted by molar-refractivity contribution is 5.81. The molecule has 1 aliphatic heterocycles. The quantitative estimate of drug-likeness (QED) is 0.850. The largest absolute Gasteiger partial charge is 0.496 e. The number of ether oxygens (including phenoxy) is 1. The van der Waals surface area contributed by atoms with E-state index in [0.29, 0.717) is 17.7 Å². The van der Waals surface area contributed by atoms with Crippen molar-refractivity contribution in [3.05, 3.63) is 36.4 Å². The number of aromatic nitrogens is 2. The van der Waals surface area contributed by atoms with Crippen LogP contribution in [-0.2, 0) is 4.79 Å². The maximum absolute atomic E-state index is 12.3. The molecular weight excluding hydrogens is 340 g/mol. The van der Waals surface area contributed by atoms with Gasteiger partial charge in [-0.2, -0.15) is 0 Å². The summed E-state index contributed by atoms with van der Waals surface area (Å²) < 4.78 is 5.39. The van der Waals surface area contributed by atoms with Crippen molar-refractivity contribution in [1.29, 1.82) is 0 Å². The Hall–Kier alpha value is -2.63. The van der Waals surface area contributed by atoms with Gasteiger partial charge in [0.2, 0.25) is 5.91 Å². The molecule has 0 unspecified atom stereocenters. The molecule has 142 valence electrons. The van der Waals surface area contributed by atoms with Gasteiger partial charge in [0.15, 0.2) is 0 Å². The molecule has 1 aromatic carbocycles. The van der Waals surface area contributed by atoms with E-state index < -0.39 is 0 Å². The smallest absolute Gasteiger partial charge is 0.225 e. The van der Waals surface area contributed by atoms with E-state index in [4.69, 9.17) is 4.74 Å². The Morgan fingerprint density at radius 1 is 1.19 bits per heavy atom. The molecule has 1 amide bonds. The molecule has 1 aliphatic carbocycles. The number of methoxy groups -OCH3 is 1. The fourth-order valence-corrected chi connectivity index (χ4v) is 3.70. The summed E-state index contributed by atoms with van der Waals surface area (Å²) in [6.07, 6.45) is 4.39. The number of hydrogen-bond acceptors (Lipinski definition) is 5. The summed E-state index contributed by atoms with van der Waals surface area (Å²) in [4.78, 5) is 14.3. The van der Waals surface area contributed by atoms with Crippen LogP contribution in [0.5, 0.6) is 5.75 Å². The summed E-state index contributed by atoms with van der Waals surface area (Å²) in [6, 6.07) is 11.7. The maximum atomic E-state index is 12.3. The standard InChI is InChI=1S/C21H26N4O2/c1-27-19-7-3-2-6-17(19)18-10-11-20(24-23-18)22-13-15-5-4-12-25(14-15)21(26)16-8-9-16/h2-3,6-7,10-11,15-16H,4-5,8-9,12-14H2,1H3,(H,22,24)/t15-/m0/s1. The van der Waals surface area contributed by atoms with Gasteiger partial charge < -0.3 is 15.0 Å². The summed E-state index contributed by atoms with van der Waals surface area (Å²) >= 11 is 0. The number of piperidine rings is 1. The highest BCUT2D eigenvalue weighted by atomic mass is 16.5. The first-order valence-corrected chi connectivity index (χ1v) is 9.74. The first-order valence-electron chi connectivity index (χ1n) is 9.74. The van der Waals surface area contributed by atoms with Crippen LogP contribution >= 0.6 is 0 Å². The summed E-state index contributed by atoms with van der Waals surface area (Å²) in [7, 11) is 1.66. The lowest BCUT2D eigenvalue weighted by molar-refractivity contribution is -0.134. The predicted molar refractivity (Wildman–Crippen MR) is 105 cm³/mol. The number of rotatable bonds is 6. The van der Waals surface area contributed by atoms with E-state index in [1.165, 1.54) is 0 Å². The molecule has 2 aliphatic rings. The highest BCUT2D eigenvalue weighted by Crippen LogP contribution is 2.32. The molecule has 0 radical (unpaired) electrons. The normalized spacial score (nSPS) is 19.6. The number of nitrogens with zero attached hydrogens (tertiary/aromatic N) is 3. The van der Waals surface area contributed by atoms with Gasteiger partial charge in [-0.15, -0.1) is 10.2 Å². The molecule has 4 rings (SSSR count). The first-order chi connectivity index (χ1) is 13.2. The topological polar surface area (TPSA) is 67.3 Å². The zero-order valence-corrected chi connectivity index (χ0v) is 15.7. The van der Waals surface area contributed by atoms with E-state index in [0.717, 1.165) is 68.1 Å². The predicted octanol–water partition coefficient (Wildman–Crippen LogP) is 3.21. The van der Waals surface area contributed by atoms with Crippen LogP contribution < -0.4 is 10.1 Å². The number of hydrogen-bond donors (Lipinski definition) is 1. The second-order valence-corrected chi connectivity index (χ2v) is 7.45. The van der Waals surface area contributed by atoms with Gasteiger partial charge in [0.1, 0.15) is 11.6 Å². The average molecular weight is 366 g/mol. The molecule has 1 aromatic heterocycles. The molecule has 2 fully saturated rings. The second kappa shape index (κ2) is 7.94. The Labute approximate surface area is 159 Å². The zero-order valence-electron chi connectivity index (χ0n) is 15.7. The molecule has 1 saturated carbocycles. The monoisotopic (exact) mass is 366 g/mol. The van der Waals surface area contributed by atoms with Crippen LogP contribution in [-0.4, -0.2) is 47.7 Å². The van der Waals surface area contributed by atoms with Crippen LogP contribution in [0.2, 0.25) is 0 Å². The van der Waals surface area contributed by atoms with E-state index in [2.05, 4.69) is 20.4 Å². The van der Waals surface area contributed by atoms with Crippen LogP contribution in [0.4, 0.5) is 5.82 Å².